The summed E-state index contributed by atoms with van der Waals surface area (Å²) < 4.78 is 25.0. The minimum absolute atomic E-state index is 0.201. The van der Waals surface area contributed by atoms with Crippen LogP contribution in [0.2, 0.25) is 0 Å². The minimum Gasteiger partial charge on any atom is -0.369 e. The van der Waals surface area contributed by atoms with E-state index in [1.807, 2.05) is 36.2 Å². The summed E-state index contributed by atoms with van der Waals surface area (Å²) in [6, 6.07) is 12.3. The van der Waals surface area contributed by atoms with Gasteiger partial charge in [-0.3, -0.25) is 4.79 Å². The van der Waals surface area contributed by atoms with Crippen molar-refractivity contribution in [3.05, 3.63) is 60.0 Å². The SMILES string of the molecule is CN(CC1OCCO1)c1ccc(N/C=C2/C(=O)Nc3cccc(F)c32)cc1. The molecule has 7 heteroatoms. The van der Waals surface area contributed by atoms with E-state index in [1.165, 1.54) is 12.3 Å². The number of ether oxygens (including phenoxy) is 2. The van der Waals surface area contributed by atoms with E-state index >= 15 is 0 Å². The average Bonchev–Trinajstić information content (AvgIpc) is 3.28. The fraction of sp³-hybridized carbons (Fsp3) is 0.250. The van der Waals surface area contributed by atoms with Gasteiger partial charge in [0.15, 0.2) is 6.29 Å². The molecule has 0 atom stereocenters. The average molecular weight is 369 g/mol. The van der Waals surface area contributed by atoms with Crippen molar-refractivity contribution in [2.45, 2.75) is 6.29 Å². The van der Waals surface area contributed by atoms with Gasteiger partial charge in [0, 0.05) is 30.2 Å². The molecule has 2 aliphatic rings. The third-order valence-electron chi connectivity index (χ3n) is 4.58. The number of carbonyl (C=O) groups excluding carboxylic acids is 1. The van der Waals surface area contributed by atoms with E-state index in [0.717, 1.165) is 11.4 Å². The summed E-state index contributed by atoms with van der Waals surface area (Å²) in [5, 5.41) is 5.73. The molecular formula is C20H20FN3O3. The van der Waals surface area contributed by atoms with Gasteiger partial charge in [0.05, 0.1) is 31.0 Å². The highest BCUT2D eigenvalue weighted by Crippen LogP contribution is 2.33. The van der Waals surface area contributed by atoms with Gasteiger partial charge in [0.2, 0.25) is 0 Å². The number of anilines is 3. The Hall–Kier alpha value is -2.90. The summed E-state index contributed by atoms with van der Waals surface area (Å²) in [6.45, 7) is 1.91. The van der Waals surface area contributed by atoms with Crippen LogP contribution in [0.3, 0.4) is 0 Å². The molecule has 1 fully saturated rings. The van der Waals surface area contributed by atoms with E-state index < -0.39 is 5.82 Å². The maximum atomic E-state index is 14.1. The van der Waals surface area contributed by atoms with Crippen molar-refractivity contribution < 1.29 is 18.7 Å². The molecule has 0 aliphatic carbocycles. The summed E-state index contributed by atoms with van der Waals surface area (Å²) in [5.41, 5.74) is 2.87. The maximum absolute atomic E-state index is 14.1. The Morgan fingerprint density at radius 1 is 1.22 bits per heavy atom. The van der Waals surface area contributed by atoms with Crippen molar-refractivity contribution in [2.75, 3.05) is 42.3 Å². The second-order valence-corrected chi connectivity index (χ2v) is 6.42. The number of amides is 1. The molecule has 0 unspecified atom stereocenters. The van der Waals surface area contributed by atoms with E-state index in [0.29, 0.717) is 31.0 Å². The zero-order chi connectivity index (χ0) is 18.8. The monoisotopic (exact) mass is 369 g/mol. The maximum Gasteiger partial charge on any atom is 0.257 e. The van der Waals surface area contributed by atoms with Gasteiger partial charge >= 0.3 is 0 Å². The lowest BCUT2D eigenvalue weighted by atomic mass is 10.1. The molecule has 6 nitrogen and oxygen atoms in total. The van der Waals surface area contributed by atoms with Crippen molar-refractivity contribution in [1.82, 2.24) is 0 Å². The Balaban J connectivity index is 1.45. The second-order valence-electron chi connectivity index (χ2n) is 6.42. The van der Waals surface area contributed by atoms with Gasteiger partial charge in [-0.15, -0.1) is 0 Å². The molecule has 27 heavy (non-hydrogen) atoms. The highest BCUT2D eigenvalue weighted by molar-refractivity contribution is 6.31. The van der Waals surface area contributed by atoms with Crippen LogP contribution in [0.15, 0.2) is 48.7 Å². The van der Waals surface area contributed by atoms with Gasteiger partial charge in [-0.05, 0) is 36.4 Å². The first-order valence-electron chi connectivity index (χ1n) is 8.73. The third kappa shape index (κ3) is 3.65. The molecule has 4 rings (SSSR count). The van der Waals surface area contributed by atoms with Crippen molar-refractivity contribution in [1.29, 1.82) is 0 Å². The van der Waals surface area contributed by atoms with E-state index in [-0.39, 0.29) is 17.8 Å². The van der Waals surface area contributed by atoms with Gasteiger partial charge in [-0.25, -0.2) is 4.39 Å². The van der Waals surface area contributed by atoms with Crippen molar-refractivity contribution in [3.8, 4) is 0 Å². The van der Waals surface area contributed by atoms with Crippen molar-refractivity contribution >= 4 is 28.5 Å². The molecule has 2 heterocycles. The number of rotatable bonds is 5. The lowest BCUT2D eigenvalue weighted by molar-refractivity contribution is -0.110. The normalized spacial score (nSPS) is 17.9. The molecule has 2 aromatic carbocycles. The predicted octanol–water partition coefficient (Wildman–Crippen LogP) is 3.04. The number of nitrogens with zero attached hydrogens (tertiary/aromatic N) is 1. The van der Waals surface area contributed by atoms with E-state index in [4.69, 9.17) is 9.47 Å². The van der Waals surface area contributed by atoms with Crippen LogP contribution in [0.25, 0.3) is 5.57 Å². The Bertz CT molecular complexity index is 877. The van der Waals surface area contributed by atoms with Crippen LogP contribution >= 0.6 is 0 Å². The van der Waals surface area contributed by atoms with E-state index in [9.17, 15) is 9.18 Å². The summed E-state index contributed by atoms with van der Waals surface area (Å²) in [5.74, 6) is -0.747. The predicted molar refractivity (Wildman–Crippen MR) is 102 cm³/mol. The minimum atomic E-state index is -0.424. The summed E-state index contributed by atoms with van der Waals surface area (Å²) in [4.78, 5) is 14.1. The zero-order valence-electron chi connectivity index (χ0n) is 14.9. The number of carbonyl (C=O) groups is 1. The molecule has 140 valence electrons. The molecular weight excluding hydrogens is 349 g/mol. The number of benzene rings is 2. The fourth-order valence-corrected chi connectivity index (χ4v) is 3.15. The first kappa shape index (κ1) is 17.5. The smallest absolute Gasteiger partial charge is 0.257 e. The van der Waals surface area contributed by atoms with Crippen LogP contribution in [0, 0.1) is 5.82 Å². The van der Waals surface area contributed by atoms with Gasteiger partial charge < -0.3 is 25.0 Å². The molecule has 2 N–H and O–H groups in total. The number of likely N-dealkylation sites (N-methyl/N-ethyl adjacent to an activating group) is 1. The van der Waals surface area contributed by atoms with Crippen molar-refractivity contribution in [2.24, 2.45) is 0 Å². The largest absolute Gasteiger partial charge is 0.369 e. The summed E-state index contributed by atoms with van der Waals surface area (Å²) >= 11 is 0. The summed E-state index contributed by atoms with van der Waals surface area (Å²) in [6.07, 6.45) is 1.33. The zero-order valence-corrected chi connectivity index (χ0v) is 14.9. The van der Waals surface area contributed by atoms with Gasteiger partial charge in [0.1, 0.15) is 5.82 Å². The first-order chi connectivity index (χ1) is 13.1. The van der Waals surface area contributed by atoms with Gasteiger partial charge in [-0.1, -0.05) is 6.07 Å². The number of halogens is 1. The third-order valence-corrected chi connectivity index (χ3v) is 4.58. The molecule has 1 saturated heterocycles. The fourth-order valence-electron chi connectivity index (χ4n) is 3.15. The molecule has 2 aromatic rings. The molecule has 0 bridgehead atoms. The lowest BCUT2D eigenvalue weighted by Gasteiger charge is -2.22. The number of hydrogen-bond acceptors (Lipinski definition) is 5. The number of hydrogen-bond donors (Lipinski definition) is 2. The van der Waals surface area contributed by atoms with Crippen LogP contribution in [-0.4, -0.2) is 39.0 Å². The van der Waals surface area contributed by atoms with Crippen LogP contribution < -0.4 is 15.5 Å². The van der Waals surface area contributed by atoms with E-state index in [2.05, 4.69) is 10.6 Å². The van der Waals surface area contributed by atoms with Crippen LogP contribution in [0.1, 0.15) is 5.56 Å². The molecule has 0 radical (unpaired) electrons. The topological polar surface area (TPSA) is 62.8 Å². The molecule has 0 saturated carbocycles. The quantitative estimate of drug-likeness (QED) is 0.794. The van der Waals surface area contributed by atoms with E-state index in [1.54, 1.807) is 12.1 Å². The van der Waals surface area contributed by atoms with Crippen LogP contribution in [-0.2, 0) is 14.3 Å². The van der Waals surface area contributed by atoms with Crippen LogP contribution in [0.4, 0.5) is 21.5 Å². The molecule has 0 spiro atoms. The Morgan fingerprint density at radius 2 is 1.96 bits per heavy atom. The molecule has 2 aliphatic heterocycles. The molecule has 1 amide bonds. The lowest BCUT2D eigenvalue weighted by Crippen LogP contribution is -2.29. The second kappa shape index (κ2) is 7.38. The highest BCUT2D eigenvalue weighted by atomic mass is 19.1. The Morgan fingerprint density at radius 3 is 2.70 bits per heavy atom. The highest BCUT2D eigenvalue weighted by Gasteiger charge is 2.27. The van der Waals surface area contributed by atoms with Crippen LogP contribution in [0.5, 0.6) is 0 Å². The number of nitrogens with one attached hydrogen (secondary N) is 2. The van der Waals surface area contributed by atoms with Gasteiger partial charge in [-0.2, -0.15) is 0 Å². The standard InChI is InChI=1S/C20H20FN3O3/c1-24(12-18-26-9-10-27-18)14-7-5-13(6-8-14)22-11-15-19-16(21)3-2-4-17(19)23-20(15)25/h2-8,11,18,22H,9-10,12H2,1H3,(H,23,25)/b15-11+. The summed E-state index contributed by atoms with van der Waals surface area (Å²) in [7, 11) is 1.97. The Kier molecular flexibility index (Phi) is 4.79. The van der Waals surface area contributed by atoms with Gasteiger partial charge in [0.25, 0.3) is 5.91 Å². The number of fused-ring (bicyclic) bond motifs is 1. The molecule has 0 aromatic heterocycles. The first-order valence-corrected chi connectivity index (χ1v) is 8.73. The Labute approximate surface area is 156 Å². The van der Waals surface area contributed by atoms with Crippen molar-refractivity contribution in [3.63, 3.8) is 0 Å².